The number of primary amides is 1. The van der Waals surface area contributed by atoms with Gasteiger partial charge in [-0.2, -0.15) is 5.10 Å². The zero-order chi connectivity index (χ0) is 14.8. The number of pyridine rings is 1. The Labute approximate surface area is 119 Å². The van der Waals surface area contributed by atoms with Crippen molar-refractivity contribution >= 4 is 5.91 Å². The van der Waals surface area contributed by atoms with Crippen LogP contribution >= 0.6 is 0 Å². The molecule has 3 rings (SSSR count). The predicted octanol–water partition coefficient (Wildman–Crippen LogP) is 2.38. The fraction of sp³-hybridized carbons (Fsp3) is 0. The van der Waals surface area contributed by atoms with Crippen molar-refractivity contribution in [2.75, 3.05) is 0 Å². The summed E-state index contributed by atoms with van der Waals surface area (Å²) in [7, 11) is 0. The number of hydrogen-bond acceptors (Lipinski definition) is 3. The van der Waals surface area contributed by atoms with Crippen molar-refractivity contribution in [2.45, 2.75) is 0 Å². The van der Waals surface area contributed by atoms with Gasteiger partial charge in [0.05, 0.1) is 11.9 Å². The molecule has 0 radical (unpaired) electrons. The molecule has 0 aliphatic carbocycles. The van der Waals surface area contributed by atoms with E-state index in [4.69, 9.17) is 5.73 Å². The Morgan fingerprint density at radius 3 is 2.62 bits per heavy atom. The zero-order valence-electron chi connectivity index (χ0n) is 10.9. The molecule has 0 aliphatic heterocycles. The number of amides is 1. The van der Waals surface area contributed by atoms with Crippen LogP contribution in [0, 0.1) is 5.82 Å². The van der Waals surface area contributed by atoms with Crippen LogP contribution in [0.1, 0.15) is 10.5 Å². The van der Waals surface area contributed by atoms with Gasteiger partial charge in [0.25, 0.3) is 5.91 Å². The van der Waals surface area contributed by atoms with Crippen LogP contribution in [-0.4, -0.2) is 21.1 Å². The van der Waals surface area contributed by atoms with E-state index in [2.05, 4.69) is 15.2 Å². The molecule has 0 saturated heterocycles. The van der Waals surface area contributed by atoms with Crippen LogP contribution in [0.5, 0.6) is 0 Å². The van der Waals surface area contributed by atoms with Crippen molar-refractivity contribution < 1.29 is 9.18 Å². The van der Waals surface area contributed by atoms with Crippen LogP contribution in [0.2, 0.25) is 0 Å². The summed E-state index contributed by atoms with van der Waals surface area (Å²) in [5.74, 6) is -0.934. The van der Waals surface area contributed by atoms with Crippen molar-refractivity contribution in [1.29, 1.82) is 0 Å². The van der Waals surface area contributed by atoms with Gasteiger partial charge in [0, 0.05) is 22.9 Å². The number of benzene rings is 1. The van der Waals surface area contributed by atoms with Crippen molar-refractivity contribution in [1.82, 2.24) is 15.2 Å². The van der Waals surface area contributed by atoms with Gasteiger partial charge in [-0.15, -0.1) is 0 Å². The van der Waals surface area contributed by atoms with Crippen molar-refractivity contribution in [2.24, 2.45) is 5.73 Å². The average Bonchev–Trinajstić information content (AvgIpc) is 2.97. The van der Waals surface area contributed by atoms with Gasteiger partial charge >= 0.3 is 0 Å². The summed E-state index contributed by atoms with van der Waals surface area (Å²) >= 11 is 0. The summed E-state index contributed by atoms with van der Waals surface area (Å²) in [6.45, 7) is 0. The fourth-order valence-corrected chi connectivity index (χ4v) is 2.15. The molecule has 0 fully saturated rings. The van der Waals surface area contributed by atoms with Crippen molar-refractivity contribution in [3.05, 3.63) is 60.3 Å². The summed E-state index contributed by atoms with van der Waals surface area (Å²) in [5.41, 5.74) is 8.21. The van der Waals surface area contributed by atoms with Crippen LogP contribution in [0.3, 0.4) is 0 Å². The van der Waals surface area contributed by atoms with Gasteiger partial charge in [-0.05, 0) is 30.3 Å². The fourth-order valence-electron chi connectivity index (χ4n) is 2.15. The van der Waals surface area contributed by atoms with Crippen LogP contribution in [0.4, 0.5) is 4.39 Å². The molecular formula is C15H11FN4O. The number of nitrogens with two attached hydrogens (primary N) is 1. The molecular weight excluding hydrogens is 271 g/mol. The normalized spacial score (nSPS) is 10.5. The predicted molar refractivity (Wildman–Crippen MR) is 75.7 cm³/mol. The molecule has 2 heterocycles. The SMILES string of the molecule is NC(=O)c1ncccc1-c1cn[nH]c1-c1ccc(F)cc1. The van der Waals surface area contributed by atoms with Crippen molar-refractivity contribution in [3.8, 4) is 22.4 Å². The highest BCUT2D eigenvalue weighted by Gasteiger charge is 2.16. The standard InChI is InChI=1S/C15H11FN4O/c16-10-5-3-9(4-6-10)13-12(8-19-20-13)11-2-1-7-18-14(11)15(17)21/h1-8H,(H2,17,21)(H,19,20). The number of H-pyrrole nitrogens is 1. The summed E-state index contributed by atoms with van der Waals surface area (Å²) in [5, 5.41) is 6.85. The highest BCUT2D eigenvalue weighted by Crippen LogP contribution is 2.31. The molecule has 0 saturated carbocycles. The van der Waals surface area contributed by atoms with E-state index in [0.29, 0.717) is 16.8 Å². The second-order valence-corrected chi connectivity index (χ2v) is 4.43. The summed E-state index contributed by atoms with van der Waals surface area (Å²) < 4.78 is 13.0. The molecule has 3 aromatic rings. The Morgan fingerprint density at radius 2 is 1.90 bits per heavy atom. The first-order valence-corrected chi connectivity index (χ1v) is 6.21. The quantitative estimate of drug-likeness (QED) is 0.773. The van der Waals surface area contributed by atoms with Gasteiger partial charge in [-0.3, -0.25) is 14.9 Å². The third-order valence-electron chi connectivity index (χ3n) is 3.10. The molecule has 104 valence electrons. The van der Waals surface area contributed by atoms with Gasteiger partial charge in [0.2, 0.25) is 0 Å². The topological polar surface area (TPSA) is 84.7 Å². The lowest BCUT2D eigenvalue weighted by atomic mass is 10.0. The lowest BCUT2D eigenvalue weighted by Gasteiger charge is -2.06. The van der Waals surface area contributed by atoms with E-state index >= 15 is 0 Å². The molecule has 0 spiro atoms. The number of carbonyl (C=O) groups excluding carboxylic acids is 1. The Morgan fingerprint density at radius 1 is 1.14 bits per heavy atom. The first-order valence-electron chi connectivity index (χ1n) is 6.21. The van der Waals surface area contributed by atoms with E-state index in [1.807, 2.05) is 0 Å². The van der Waals surface area contributed by atoms with Crippen LogP contribution < -0.4 is 5.73 Å². The number of aromatic amines is 1. The van der Waals surface area contributed by atoms with E-state index < -0.39 is 5.91 Å². The van der Waals surface area contributed by atoms with E-state index in [0.717, 1.165) is 5.56 Å². The maximum absolute atomic E-state index is 13.0. The number of rotatable bonds is 3. The van der Waals surface area contributed by atoms with E-state index in [9.17, 15) is 9.18 Å². The first kappa shape index (κ1) is 13.0. The number of carbonyl (C=O) groups is 1. The van der Waals surface area contributed by atoms with Crippen molar-refractivity contribution in [3.63, 3.8) is 0 Å². The molecule has 21 heavy (non-hydrogen) atoms. The summed E-state index contributed by atoms with van der Waals surface area (Å²) in [4.78, 5) is 15.5. The van der Waals surface area contributed by atoms with Gasteiger partial charge in [0.15, 0.2) is 0 Å². The van der Waals surface area contributed by atoms with E-state index in [-0.39, 0.29) is 11.5 Å². The molecule has 2 aromatic heterocycles. The maximum atomic E-state index is 13.0. The summed E-state index contributed by atoms with van der Waals surface area (Å²) in [6, 6.07) is 9.43. The molecule has 6 heteroatoms. The number of nitrogens with zero attached hydrogens (tertiary/aromatic N) is 2. The Balaban J connectivity index is 2.16. The number of aromatic nitrogens is 3. The monoisotopic (exact) mass is 282 g/mol. The van der Waals surface area contributed by atoms with Gasteiger partial charge in [-0.1, -0.05) is 6.07 Å². The lowest BCUT2D eigenvalue weighted by Crippen LogP contribution is -2.14. The highest BCUT2D eigenvalue weighted by atomic mass is 19.1. The minimum atomic E-state index is -0.614. The number of halogens is 1. The average molecular weight is 282 g/mol. The second-order valence-electron chi connectivity index (χ2n) is 4.43. The Kier molecular flexibility index (Phi) is 3.19. The minimum Gasteiger partial charge on any atom is -0.364 e. The Hall–Kier alpha value is -3.02. The summed E-state index contributed by atoms with van der Waals surface area (Å²) in [6.07, 6.45) is 3.09. The maximum Gasteiger partial charge on any atom is 0.267 e. The van der Waals surface area contributed by atoms with E-state index in [1.165, 1.54) is 18.3 Å². The van der Waals surface area contributed by atoms with Gasteiger partial charge < -0.3 is 5.73 Å². The minimum absolute atomic E-state index is 0.169. The smallest absolute Gasteiger partial charge is 0.267 e. The van der Waals surface area contributed by atoms with E-state index in [1.54, 1.807) is 30.5 Å². The third-order valence-corrected chi connectivity index (χ3v) is 3.10. The molecule has 0 unspecified atom stereocenters. The molecule has 5 nitrogen and oxygen atoms in total. The van der Waals surface area contributed by atoms with Crippen LogP contribution in [-0.2, 0) is 0 Å². The van der Waals surface area contributed by atoms with Crippen LogP contribution in [0.25, 0.3) is 22.4 Å². The largest absolute Gasteiger partial charge is 0.364 e. The first-order chi connectivity index (χ1) is 10.2. The lowest BCUT2D eigenvalue weighted by molar-refractivity contribution is 0.0996. The second kappa shape index (κ2) is 5.16. The molecule has 0 bridgehead atoms. The zero-order valence-corrected chi connectivity index (χ0v) is 10.9. The highest BCUT2D eigenvalue weighted by molar-refractivity contribution is 5.99. The van der Waals surface area contributed by atoms with Gasteiger partial charge in [0.1, 0.15) is 11.5 Å². The number of hydrogen-bond donors (Lipinski definition) is 2. The molecule has 0 atom stereocenters. The van der Waals surface area contributed by atoms with Crippen LogP contribution in [0.15, 0.2) is 48.8 Å². The molecule has 1 amide bonds. The molecule has 1 aromatic carbocycles. The number of nitrogens with one attached hydrogen (secondary N) is 1. The molecule has 0 aliphatic rings. The molecule has 3 N–H and O–H groups in total. The Bertz CT molecular complexity index is 795. The third kappa shape index (κ3) is 2.38. The van der Waals surface area contributed by atoms with Gasteiger partial charge in [-0.25, -0.2) is 4.39 Å².